The lowest BCUT2D eigenvalue weighted by Gasteiger charge is -2.39. The van der Waals surface area contributed by atoms with E-state index < -0.39 is 5.60 Å². The number of rotatable bonds is 2. The topological polar surface area (TPSA) is 80.0 Å². The number of nitrogens with two attached hydrogens (primary N) is 1. The average molecular weight is 399 g/mol. The Morgan fingerprint density at radius 2 is 1.93 bits per heavy atom. The minimum absolute atomic E-state index is 0.158. The predicted molar refractivity (Wildman–Crippen MR) is 118 cm³/mol. The fraction of sp³-hybridized carbons (Fsp3) is 0.565. The molecule has 6 nitrogen and oxygen atoms in total. The number of benzene rings is 1. The van der Waals surface area contributed by atoms with Crippen molar-refractivity contribution in [1.29, 1.82) is 0 Å². The summed E-state index contributed by atoms with van der Waals surface area (Å²) in [7, 11) is 0. The number of piperidine rings is 1. The molecule has 0 aliphatic carbocycles. The van der Waals surface area contributed by atoms with Crippen molar-refractivity contribution in [2.24, 2.45) is 10.7 Å². The Morgan fingerprint density at radius 3 is 2.55 bits per heavy atom. The highest BCUT2D eigenvalue weighted by Crippen LogP contribution is 2.29. The van der Waals surface area contributed by atoms with E-state index in [4.69, 9.17) is 15.5 Å². The molecule has 3 rings (SSSR count). The van der Waals surface area contributed by atoms with Crippen LogP contribution in [-0.2, 0) is 4.74 Å². The summed E-state index contributed by atoms with van der Waals surface area (Å²) >= 11 is 0. The third-order valence-corrected chi connectivity index (χ3v) is 5.32. The van der Waals surface area contributed by atoms with Gasteiger partial charge in [-0.2, -0.15) is 0 Å². The Balaban J connectivity index is 1.92. The first-order valence-electron chi connectivity index (χ1n) is 10.5. The highest BCUT2D eigenvalue weighted by Gasteiger charge is 2.38. The zero-order valence-corrected chi connectivity index (χ0v) is 18.3. The number of amides is 1. The van der Waals surface area contributed by atoms with Crippen LogP contribution >= 0.6 is 0 Å². The second-order valence-corrected chi connectivity index (χ2v) is 9.14. The second kappa shape index (κ2) is 8.57. The number of nitrogens with zero attached hydrogens (tertiary/aromatic N) is 2. The van der Waals surface area contributed by atoms with Crippen LogP contribution < -0.4 is 11.1 Å². The van der Waals surface area contributed by atoms with Gasteiger partial charge in [-0.25, -0.2) is 4.79 Å². The van der Waals surface area contributed by atoms with Crippen LogP contribution in [-0.4, -0.2) is 48.0 Å². The van der Waals surface area contributed by atoms with Gasteiger partial charge >= 0.3 is 6.09 Å². The minimum atomic E-state index is -0.531. The fourth-order valence-electron chi connectivity index (χ4n) is 3.82. The summed E-state index contributed by atoms with van der Waals surface area (Å²) in [6, 6.07) is 8.22. The highest BCUT2D eigenvalue weighted by atomic mass is 16.6. The van der Waals surface area contributed by atoms with Crippen LogP contribution in [0.4, 0.5) is 10.5 Å². The normalized spacial score (nSPS) is 21.9. The zero-order chi connectivity index (χ0) is 21.2. The first-order valence-corrected chi connectivity index (χ1v) is 10.5. The van der Waals surface area contributed by atoms with E-state index in [0.29, 0.717) is 25.4 Å². The number of fused-ring (bicyclic) bond motifs is 1. The van der Waals surface area contributed by atoms with E-state index in [1.807, 2.05) is 20.8 Å². The van der Waals surface area contributed by atoms with Crippen LogP contribution in [0, 0.1) is 0 Å². The summed E-state index contributed by atoms with van der Waals surface area (Å²) in [5.74, 6) is 0.490. The van der Waals surface area contributed by atoms with E-state index in [-0.39, 0.29) is 12.1 Å². The summed E-state index contributed by atoms with van der Waals surface area (Å²) in [5.41, 5.74) is 10.9. The maximum atomic E-state index is 12.8. The van der Waals surface area contributed by atoms with Gasteiger partial charge in [0.25, 0.3) is 0 Å². The molecule has 1 aromatic rings. The van der Waals surface area contributed by atoms with Gasteiger partial charge in [0.2, 0.25) is 0 Å². The van der Waals surface area contributed by atoms with Crippen molar-refractivity contribution in [1.82, 2.24) is 10.2 Å². The predicted octanol–water partition coefficient (Wildman–Crippen LogP) is 4.10. The van der Waals surface area contributed by atoms with Gasteiger partial charge in [-0.1, -0.05) is 26.0 Å². The molecule has 3 N–H and O–H groups in total. The smallest absolute Gasteiger partial charge is 0.410 e. The van der Waals surface area contributed by atoms with Gasteiger partial charge in [-0.3, -0.25) is 9.89 Å². The number of hydrogen-bond acceptors (Lipinski definition) is 5. The van der Waals surface area contributed by atoms with E-state index in [1.54, 1.807) is 4.90 Å². The number of nitrogens with one attached hydrogen (secondary N) is 1. The van der Waals surface area contributed by atoms with Crippen molar-refractivity contribution in [2.75, 3.05) is 19.6 Å². The maximum Gasteiger partial charge on any atom is 0.410 e. The van der Waals surface area contributed by atoms with Gasteiger partial charge in [0.15, 0.2) is 0 Å². The average Bonchev–Trinajstić information content (AvgIpc) is 2.83. The number of carbonyl (C=O) groups excluding carboxylic acids is 1. The Hall–Kier alpha value is -2.34. The van der Waals surface area contributed by atoms with E-state index in [1.165, 1.54) is 5.56 Å². The molecule has 6 heteroatoms. The molecule has 1 fully saturated rings. The molecule has 0 radical (unpaired) electrons. The SMILES string of the molecule is CC(C)c1ccc(N=C2CCN(C(=O)OC(C)(C)C)C3CNCCC(N)=C23)cc1. The van der Waals surface area contributed by atoms with E-state index in [2.05, 4.69) is 43.4 Å². The van der Waals surface area contributed by atoms with Crippen LogP contribution in [0.5, 0.6) is 0 Å². The van der Waals surface area contributed by atoms with Crippen molar-refractivity contribution in [3.8, 4) is 0 Å². The van der Waals surface area contributed by atoms with Gasteiger partial charge in [-0.05, 0) is 50.8 Å². The Morgan fingerprint density at radius 1 is 1.24 bits per heavy atom. The summed E-state index contributed by atoms with van der Waals surface area (Å²) in [5, 5.41) is 3.40. The standard InChI is InChI=1S/C23H34N4O2/c1-15(2)16-6-8-17(9-7-16)26-19-11-13-27(22(28)29-23(3,4)5)20-14-25-12-10-18(24)21(19)20/h6-9,15,20,25H,10-14,24H2,1-5H3. The molecule has 29 heavy (non-hydrogen) atoms. The summed E-state index contributed by atoms with van der Waals surface area (Å²) < 4.78 is 5.65. The first-order chi connectivity index (χ1) is 13.7. The van der Waals surface area contributed by atoms with Crippen molar-refractivity contribution in [3.05, 3.63) is 41.1 Å². The molecular formula is C23H34N4O2. The van der Waals surface area contributed by atoms with Crippen LogP contribution in [0.2, 0.25) is 0 Å². The molecule has 1 unspecified atom stereocenters. The molecule has 1 aromatic carbocycles. The van der Waals surface area contributed by atoms with Crippen molar-refractivity contribution < 1.29 is 9.53 Å². The largest absolute Gasteiger partial charge is 0.444 e. The number of carbonyl (C=O) groups is 1. The fourth-order valence-corrected chi connectivity index (χ4v) is 3.82. The highest BCUT2D eigenvalue weighted by molar-refractivity contribution is 6.05. The Kier molecular flexibility index (Phi) is 6.32. The van der Waals surface area contributed by atoms with Crippen LogP contribution in [0.15, 0.2) is 40.5 Å². The third-order valence-electron chi connectivity index (χ3n) is 5.32. The quantitative estimate of drug-likeness (QED) is 0.786. The molecule has 2 aliphatic rings. The van der Waals surface area contributed by atoms with Gasteiger partial charge < -0.3 is 15.8 Å². The van der Waals surface area contributed by atoms with E-state index in [0.717, 1.165) is 35.6 Å². The van der Waals surface area contributed by atoms with Gasteiger partial charge in [0, 0.05) is 43.0 Å². The van der Waals surface area contributed by atoms with Crippen molar-refractivity contribution in [3.63, 3.8) is 0 Å². The van der Waals surface area contributed by atoms with Crippen LogP contribution in [0.25, 0.3) is 0 Å². The van der Waals surface area contributed by atoms with E-state index in [9.17, 15) is 4.79 Å². The van der Waals surface area contributed by atoms with Crippen LogP contribution in [0.3, 0.4) is 0 Å². The number of likely N-dealkylation sites (tertiary alicyclic amines) is 1. The molecule has 1 amide bonds. The molecule has 2 heterocycles. The summed E-state index contributed by atoms with van der Waals surface area (Å²) in [6.45, 7) is 12.0. The molecule has 0 aromatic heterocycles. The molecule has 0 saturated carbocycles. The van der Waals surface area contributed by atoms with Gasteiger partial charge in [0.05, 0.1) is 11.7 Å². The monoisotopic (exact) mass is 398 g/mol. The molecule has 0 bridgehead atoms. The number of ether oxygens (including phenoxy) is 1. The zero-order valence-electron chi connectivity index (χ0n) is 18.3. The molecule has 0 spiro atoms. The van der Waals surface area contributed by atoms with E-state index >= 15 is 0 Å². The first kappa shape index (κ1) is 21.4. The lowest BCUT2D eigenvalue weighted by Crippen LogP contribution is -2.53. The molecular weight excluding hydrogens is 364 g/mol. The number of aliphatic imine (C=N–C) groups is 1. The van der Waals surface area contributed by atoms with Crippen molar-refractivity contribution >= 4 is 17.5 Å². The lowest BCUT2D eigenvalue weighted by molar-refractivity contribution is 0.0191. The summed E-state index contributed by atoms with van der Waals surface area (Å²) in [4.78, 5) is 19.6. The molecule has 1 saturated heterocycles. The minimum Gasteiger partial charge on any atom is -0.444 e. The molecule has 1 atom stereocenters. The molecule has 158 valence electrons. The van der Waals surface area contributed by atoms with Crippen molar-refractivity contribution in [2.45, 2.75) is 65.0 Å². The Bertz CT molecular complexity index is 803. The summed E-state index contributed by atoms with van der Waals surface area (Å²) in [6.07, 6.45) is 1.12. The van der Waals surface area contributed by atoms with Gasteiger partial charge in [0.1, 0.15) is 5.60 Å². The third kappa shape index (κ3) is 5.18. The lowest BCUT2D eigenvalue weighted by atomic mass is 9.91. The van der Waals surface area contributed by atoms with Gasteiger partial charge in [-0.15, -0.1) is 0 Å². The molecule has 2 aliphatic heterocycles. The second-order valence-electron chi connectivity index (χ2n) is 9.14. The maximum absolute atomic E-state index is 12.8. The number of hydrogen-bond donors (Lipinski definition) is 2. The van der Waals surface area contributed by atoms with Crippen LogP contribution in [0.1, 0.15) is 58.9 Å². The Labute approximate surface area is 174 Å².